The highest BCUT2D eigenvalue weighted by atomic mass is 35.5. The monoisotopic (exact) mass is 368 g/mol. The predicted octanol–water partition coefficient (Wildman–Crippen LogP) is 4.81. The normalized spacial score (nSPS) is 14.9. The van der Waals surface area contributed by atoms with Gasteiger partial charge in [-0.1, -0.05) is 54.1 Å². The van der Waals surface area contributed by atoms with Gasteiger partial charge in [0.2, 0.25) is 0 Å². The summed E-state index contributed by atoms with van der Waals surface area (Å²) in [6.45, 7) is 0. The number of amides is 1. The Morgan fingerprint density at radius 1 is 1.16 bits per heavy atom. The van der Waals surface area contributed by atoms with E-state index in [-0.39, 0.29) is 11.4 Å². The second-order valence-corrected chi connectivity index (χ2v) is 7.71. The van der Waals surface area contributed by atoms with Gasteiger partial charge in [0.15, 0.2) is 0 Å². The largest absolute Gasteiger partial charge is 0.341 e. The highest BCUT2D eigenvalue weighted by molar-refractivity contribution is 7.09. The number of rotatable bonds is 5. The van der Waals surface area contributed by atoms with Gasteiger partial charge < -0.3 is 5.32 Å². The summed E-state index contributed by atoms with van der Waals surface area (Å²) in [6.07, 6.45) is 2.61. The molecule has 0 saturated heterocycles. The second-order valence-electron chi connectivity index (χ2n) is 6.34. The standard InChI is InChI=1S/C20H17ClN2OS/c21-16-8-4-7-15(12-16)20(9-10-20)23-19(24)17-13-25-18(22-17)11-14-5-2-1-3-6-14/h1-8,12-13H,9-11H2,(H,23,24). The van der Waals surface area contributed by atoms with E-state index < -0.39 is 0 Å². The van der Waals surface area contributed by atoms with Gasteiger partial charge in [-0.05, 0) is 36.1 Å². The number of hydrogen-bond acceptors (Lipinski definition) is 3. The summed E-state index contributed by atoms with van der Waals surface area (Å²) in [5, 5.41) is 6.63. The molecule has 1 heterocycles. The van der Waals surface area contributed by atoms with E-state index in [0.717, 1.165) is 29.8 Å². The van der Waals surface area contributed by atoms with E-state index in [2.05, 4.69) is 22.4 Å². The summed E-state index contributed by atoms with van der Waals surface area (Å²) in [7, 11) is 0. The van der Waals surface area contributed by atoms with E-state index >= 15 is 0 Å². The van der Waals surface area contributed by atoms with E-state index in [1.54, 1.807) is 0 Å². The van der Waals surface area contributed by atoms with Crippen molar-refractivity contribution in [3.05, 3.63) is 86.8 Å². The molecule has 1 N–H and O–H groups in total. The topological polar surface area (TPSA) is 42.0 Å². The Bertz CT molecular complexity index is 903. The fourth-order valence-corrected chi connectivity index (χ4v) is 3.94. The van der Waals surface area contributed by atoms with Gasteiger partial charge in [0.25, 0.3) is 5.91 Å². The molecule has 1 saturated carbocycles. The molecule has 0 aliphatic heterocycles. The first kappa shape index (κ1) is 16.3. The van der Waals surface area contributed by atoms with Gasteiger partial charge in [-0.15, -0.1) is 11.3 Å². The van der Waals surface area contributed by atoms with Crippen molar-refractivity contribution in [1.82, 2.24) is 10.3 Å². The van der Waals surface area contributed by atoms with E-state index in [9.17, 15) is 4.79 Å². The van der Waals surface area contributed by atoms with Crippen LogP contribution >= 0.6 is 22.9 Å². The summed E-state index contributed by atoms with van der Waals surface area (Å²) in [6, 6.07) is 17.9. The minimum absolute atomic E-state index is 0.118. The fourth-order valence-electron chi connectivity index (χ4n) is 2.95. The van der Waals surface area contributed by atoms with Crippen LogP contribution in [-0.2, 0) is 12.0 Å². The molecule has 3 nitrogen and oxygen atoms in total. The Hall–Kier alpha value is -2.17. The van der Waals surface area contributed by atoms with Gasteiger partial charge in [-0.25, -0.2) is 4.98 Å². The molecular weight excluding hydrogens is 352 g/mol. The van der Waals surface area contributed by atoms with E-state index in [0.29, 0.717) is 10.7 Å². The summed E-state index contributed by atoms with van der Waals surface area (Å²) in [4.78, 5) is 17.1. The number of aromatic nitrogens is 1. The van der Waals surface area contributed by atoms with E-state index in [1.165, 1.54) is 16.9 Å². The third kappa shape index (κ3) is 3.60. The van der Waals surface area contributed by atoms with Gasteiger partial charge in [0.1, 0.15) is 5.69 Å². The van der Waals surface area contributed by atoms with Crippen LogP contribution in [0, 0.1) is 0 Å². The number of thiazole rings is 1. The van der Waals surface area contributed by atoms with Crippen LogP contribution < -0.4 is 5.32 Å². The summed E-state index contributed by atoms with van der Waals surface area (Å²) in [5.74, 6) is -0.118. The molecule has 1 aliphatic carbocycles. The van der Waals surface area contributed by atoms with Crippen LogP contribution in [0.25, 0.3) is 0 Å². The van der Waals surface area contributed by atoms with Gasteiger partial charge >= 0.3 is 0 Å². The lowest BCUT2D eigenvalue weighted by atomic mass is 10.0. The number of nitrogens with zero attached hydrogens (tertiary/aromatic N) is 1. The Morgan fingerprint density at radius 2 is 1.96 bits per heavy atom. The summed E-state index contributed by atoms with van der Waals surface area (Å²) in [5.41, 5.74) is 2.46. The molecule has 1 aromatic heterocycles. The first-order chi connectivity index (χ1) is 12.1. The number of carbonyl (C=O) groups is 1. The number of benzene rings is 2. The average Bonchev–Trinajstić information content (AvgIpc) is 3.25. The molecule has 0 radical (unpaired) electrons. The van der Waals surface area contributed by atoms with Crippen LogP contribution in [0.1, 0.15) is 39.5 Å². The molecule has 0 bridgehead atoms. The third-order valence-electron chi connectivity index (χ3n) is 4.46. The quantitative estimate of drug-likeness (QED) is 0.702. The fraction of sp³-hybridized carbons (Fsp3) is 0.200. The summed E-state index contributed by atoms with van der Waals surface area (Å²) >= 11 is 7.61. The first-order valence-corrected chi connectivity index (χ1v) is 9.47. The lowest BCUT2D eigenvalue weighted by Gasteiger charge is -2.17. The SMILES string of the molecule is O=C(NC1(c2cccc(Cl)c2)CC1)c1csc(Cc2ccccc2)n1. The molecule has 25 heavy (non-hydrogen) atoms. The van der Waals surface area contributed by atoms with Gasteiger partial charge in [0, 0.05) is 16.8 Å². The minimum atomic E-state index is -0.287. The number of hydrogen-bond donors (Lipinski definition) is 1. The molecule has 2 aromatic carbocycles. The van der Waals surface area contributed by atoms with Crippen molar-refractivity contribution < 1.29 is 4.79 Å². The maximum Gasteiger partial charge on any atom is 0.271 e. The lowest BCUT2D eigenvalue weighted by Crippen LogP contribution is -2.35. The van der Waals surface area contributed by atoms with Crippen molar-refractivity contribution in [2.75, 3.05) is 0 Å². The maximum absolute atomic E-state index is 12.6. The average molecular weight is 369 g/mol. The molecular formula is C20H17ClN2OS. The van der Waals surface area contributed by atoms with Crippen LogP contribution in [0.2, 0.25) is 5.02 Å². The molecule has 0 atom stereocenters. The first-order valence-electron chi connectivity index (χ1n) is 8.22. The molecule has 3 aromatic rings. The van der Waals surface area contributed by atoms with Crippen molar-refractivity contribution in [1.29, 1.82) is 0 Å². The van der Waals surface area contributed by atoms with E-state index in [1.807, 2.05) is 47.8 Å². The Balaban J connectivity index is 1.47. The van der Waals surface area contributed by atoms with Crippen molar-refractivity contribution in [3.63, 3.8) is 0 Å². The molecule has 1 fully saturated rings. The smallest absolute Gasteiger partial charge is 0.271 e. The van der Waals surface area contributed by atoms with Crippen LogP contribution in [0.5, 0.6) is 0 Å². The van der Waals surface area contributed by atoms with Crippen LogP contribution in [-0.4, -0.2) is 10.9 Å². The van der Waals surface area contributed by atoms with Gasteiger partial charge in [-0.3, -0.25) is 4.79 Å². The third-order valence-corrected chi connectivity index (χ3v) is 5.55. The van der Waals surface area contributed by atoms with Crippen LogP contribution in [0.15, 0.2) is 60.0 Å². The Labute approximate surface area is 155 Å². The maximum atomic E-state index is 12.6. The predicted molar refractivity (Wildman–Crippen MR) is 101 cm³/mol. The van der Waals surface area contributed by atoms with Gasteiger partial charge in [-0.2, -0.15) is 0 Å². The zero-order valence-electron chi connectivity index (χ0n) is 13.5. The Morgan fingerprint density at radius 3 is 2.68 bits per heavy atom. The summed E-state index contributed by atoms with van der Waals surface area (Å²) < 4.78 is 0. The van der Waals surface area contributed by atoms with Crippen molar-refractivity contribution >= 4 is 28.8 Å². The minimum Gasteiger partial charge on any atom is -0.341 e. The Kier molecular flexibility index (Phi) is 4.32. The van der Waals surface area contributed by atoms with Gasteiger partial charge in [0.05, 0.1) is 10.5 Å². The van der Waals surface area contributed by atoms with Crippen molar-refractivity contribution in [3.8, 4) is 0 Å². The van der Waals surface area contributed by atoms with Crippen LogP contribution in [0.4, 0.5) is 0 Å². The molecule has 0 spiro atoms. The zero-order valence-corrected chi connectivity index (χ0v) is 15.1. The van der Waals surface area contributed by atoms with E-state index in [4.69, 9.17) is 11.6 Å². The highest BCUT2D eigenvalue weighted by Gasteiger charge is 2.46. The van der Waals surface area contributed by atoms with Crippen molar-refractivity contribution in [2.24, 2.45) is 0 Å². The zero-order chi connectivity index (χ0) is 17.3. The molecule has 1 amide bonds. The highest BCUT2D eigenvalue weighted by Crippen LogP contribution is 2.46. The molecule has 4 rings (SSSR count). The lowest BCUT2D eigenvalue weighted by molar-refractivity contribution is 0.0926. The second kappa shape index (κ2) is 6.62. The molecule has 1 aliphatic rings. The molecule has 5 heteroatoms. The number of nitrogens with one attached hydrogen (secondary N) is 1. The molecule has 126 valence electrons. The number of carbonyl (C=O) groups excluding carboxylic acids is 1. The van der Waals surface area contributed by atoms with Crippen LogP contribution in [0.3, 0.4) is 0 Å². The number of halogens is 1. The molecule has 0 unspecified atom stereocenters. The van der Waals surface area contributed by atoms with Crippen molar-refractivity contribution in [2.45, 2.75) is 24.8 Å².